The molecule has 144 valence electrons. The molecule has 6 heteroatoms. The summed E-state index contributed by atoms with van der Waals surface area (Å²) in [6.45, 7) is 8.13. The second-order valence-electron chi connectivity index (χ2n) is 6.21. The molecular formula is C21H28N4O2. The standard InChI is InChI=1S/C21H28N4O2/c1-4-25(5-2)20-11-9-17(10-12-20)24-21(27)13-14-22-18-7-6-8-19(15-18)23-16(3)26/h6-12,15,22H,4-5,13-14H2,1-3H3,(H,23,26)(H,24,27). The molecule has 0 atom stereocenters. The van der Waals surface area contributed by atoms with E-state index >= 15 is 0 Å². The Morgan fingerprint density at radius 3 is 2.19 bits per heavy atom. The molecule has 3 N–H and O–H groups in total. The summed E-state index contributed by atoms with van der Waals surface area (Å²) in [6, 6.07) is 15.3. The van der Waals surface area contributed by atoms with Gasteiger partial charge in [0.1, 0.15) is 0 Å². The van der Waals surface area contributed by atoms with Crippen molar-refractivity contribution in [1.82, 2.24) is 0 Å². The van der Waals surface area contributed by atoms with Crippen molar-refractivity contribution >= 4 is 34.6 Å². The first-order valence-corrected chi connectivity index (χ1v) is 9.28. The SMILES string of the molecule is CCN(CC)c1ccc(NC(=O)CCNc2cccc(NC(C)=O)c2)cc1. The van der Waals surface area contributed by atoms with Crippen molar-refractivity contribution in [2.24, 2.45) is 0 Å². The molecule has 2 amide bonds. The molecule has 0 radical (unpaired) electrons. The van der Waals surface area contributed by atoms with Crippen LogP contribution < -0.4 is 20.9 Å². The van der Waals surface area contributed by atoms with Crippen LogP contribution >= 0.6 is 0 Å². The maximum atomic E-state index is 12.1. The first kappa shape index (κ1) is 20.3. The lowest BCUT2D eigenvalue weighted by molar-refractivity contribution is -0.116. The number of hydrogen-bond donors (Lipinski definition) is 3. The van der Waals surface area contributed by atoms with Crippen LogP contribution in [0.25, 0.3) is 0 Å². The lowest BCUT2D eigenvalue weighted by Gasteiger charge is -2.21. The van der Waals surface area contributed by atoms with Gasteiger partial charge in [0, 0.05) is 55.7 Å². The van der Waals surface area contributed by atoms with Crippen molar-refractivity contribution in [2.45, 2.75) is 27.2 Å². The summed E-state index contributed by atoms with van der Waals surface area (Å²) in [5.74, 6) is -0.158. The highest BCUT2D eigenvalue weighted by atomic mass is 16.2. The van der Waals surface area contributed by atoms with Gasteiger partial charge in [-0.05, 0) is 56.3 Å². The molecule has 0 saturated carbocycles. The Morgan fingerprint density at radius 2 is 1.56 bits per heavy atom. The predicted octanol–water partition coefficient (Wildman–Crippen LogP) is 3.93. The third kappa shape index (κ3) is 6.66. The molecule has 0 saturated heterocycles. The van der Waals surface area contributed by atoms with Crippen molar-refractivity contribution < 1.29 is 9.59 Å². The molecule has 0 aliphatic rings. The molecule has 0 heterocycles. The second kappa shape index (κ2) is 10.2. The number of anilines is 4. The Hall–Kier alpha value is -3.02. The van der Waals surface area contributed by atoms with E-state index in [4.69, 9.17) is 0 Å². The molecule has 0 aliphatic carbocycles. The molecule has 0 aliphatic heterocycles. The first-order valence-electron chi connectivity index (χ1n) is 9.28. The summed E-state index contributed by atoms with van der Waals surface area (Å²) in [6.07, 6.45) is 0.349. The van der Waals surface area contributed by atoms with Gasteiger partial charge < -0.3 is 20.9 Å². The summed E-state index contributed by atoms with van der Waals surface area (Å²) in [4.78, 5) is 25.5. The number of hydrogen-bond acceptors (Lipinski definition) is 4. The van der Waals surface area contributed by atoms with E-state index in [2.05, 4.69) is 34.7 Å². The number of nitrogens with one attached hydrogen (secondary N) is 3. The molecule has 0 spiro atoms. The van der Waals surface area contributed by atoms with Crippen molar-refractivity contribution in [1.29, 1.82) is 0 Å². The van der Waals surface area contributed by atoms with E-state index in [-0.39, 0.29) is 11.8 Å². The molecule has 2 rings (SSSR count). The summed E-state index contributed by atoms with van der Waals surface area (Å²) >= 11 is 0. The summed E-state index contributed by atoms with van der Waals surface area (Å²) in [7, 11) is 0. The number of benzene rings is 2. The molecule has 2 aromatic rings. The topological polar surface area (TPSA) is 73.5 Å². The van der Waals surface area contributed by atoms with Gasteiger partial charge in [-0.2, -0.15) is 0 Å². The molecule has 0 fully saturated rings. The summed E-state index contributed by atoms with van der Waals surface area (Å²) in [5.41, 5.74) is 3.53. The zero-order valence-corrected chi connectivity index (χ0v) is 16.2. The first-order chi connectivity index (χ1) is 13.0. The monoisotopic (exact) mass is 368 g/mol. The Morgan fingerprint density at radius 1 is 0.889 bits per heavy atom. The molecule has 0 aromatic heterocycles. The Bertz CT molecular complexity index is 755. The van der Waals surface area contributed by atoms with Gasteiger partial charge in [-0.1, -0.05) is 6.07 Å². The number of rotatable bonds is 9. The fourth-order valence-corrected chi connectivity index (χ4v) is 2.80. The number of nitrogens with zero attached hydrogens (tertiary/aromatic N) is 1. The number of carbonyl (C=O) groups is 2. The number of carbonyl (C=O) groups excluding carboxylic acids is 2. The van der Waals surface area contributed by atoms with Crippen LogP contribution in [0.15, 0.2) is 48.5 Å². The van der Waals surface area contributed by atoms with Gasteiger partial charge in [0.15, 0.2) is 0 Å². The second-order valence-corrected chi connectivity index (χ2v) is 6.21. The summed E-state index contributed by atoms with van der Waals surface area (Å²) < 4.78 is 0. The maximum absolute atomic E-state index is 12.1. The summed E-state index contributed by atoms with van der Waals surface area (Å²) in [5, 5.41) is 8.84. The largest absolute Gasteiger partial charge is 0.384 e. The zero-order chi connectivity index (χ0) is 19.6. The lowest BCUT2D eigenvalue weighted by atomic mass is 10.2. The third-order valence-electron chi connectivity index (χ3n) is 4.14. The van der Waals surface area contributed by atoms with Crippen LogP contribution in [-0.4, -0.2) is 31.4 Å². The minimum Gasteiger partial charge on any atom is -0.384 e. The van der Waals surface area contributed by atoms with Crippen LogP contribution in [0, 0.1) is 0 Å². The molecule has 0 unspecified atom stereocenters. The normalized spacial score (nSPS) is 10.2. The lowest BCUT2D eigenvalue weighted by Crippen LogP contribution is -2.21. The molecular weight excluding hydrogens is 340 g/mol. The van der Waals surface area contributed by atoms with E-state index in [0.717, 1.165) is 35.8 Å². The minimum absolute atomic E-state index is 0.0453. The average molecular weight is 368 g/mol. The van der Waals surface area contributed by atoms with Crippen LogP contribution in [0.1, 0.15) is 27.2 Å². The Balaban J connectivity index is 1.80. The Labute approximate surface area is 161 Å². The molecule has 6 nitrogen and oxygen atoms in total. The van der Waals surface area contributed by atoms with Gasteiger partial charge in [-0.25, -0.2) is 0 Å². The van der Waals surface area contributed by atoms with Crippen molar-refractivity contribution in [2.75, 3.05) is 40.5 Å². The van der Waals surface area contributed by atoms with E-state index in [1.54, 1.807) is 0 Å². The van der Waals surface area contributed by atoms with Crippen molar-refractivity contribution in [3.8, 4) is 0 Å². The van der Waals surface area contributed by atoms with Gasteiger partial charge in [-0.15, -0.1) is 0 Å². The van der Waals surface area contributed by atoms with Crippen molar-refractivity contribution in [3.63, 3.8) is 0 Å². The molecule has 27 heavy (non-hydrogen) atoms. The van der Waals surface area contributed by atoms with Crippen LogP contribution in [0.3, 0.4) is 0 Å². The van der Waals surface area contributed by atoms with E-state index in [9.17, 15) is 9.59 Å². The van der Waals surface area contributed by atoms with Crippen LogP contribution in [0.4, 0.5) is 22.7 Å². The van der Waals surface area contributed by atoms with Gasteiger partial charge >= 0.3 is 0 Å². The maximum Gasteiger partial charge on any atom is 0.226 e. The van der Waals surface area contributed by atoms with Crippen LogP contribution in [0.5, 0.6) is 0 Å². The van der Waals surface area contributed by atoms with Crippen LogP contribution in [-0.2, 0) is 9.59 Å². The highest BCUT2D eigenvalue weighted by molar-refractivity contribution is 5.91. The zero-order valence-electron chi connectivity index (χ0n) is 16.2. The number of amides is 2. The fraction of sp³-hybridized carbons (Fsp3) is 0.333. The smallest absolute Gasteiger partial charge is 0.226 e. The van der Waals surface area contributed by atoms with Crippen molar-refractivity contribution in [3.05, 3.63) is 48.5 Å². The quantitative estimate of drug-likeness (QED) is 0.627. The molecule has 0 bridgehead atoms. The third-order valence-corrected chi connectivity index (χ3v) is 4.14. The average Bonchev–Trinajstić information content (AvgIpc) is 2.64. The highest BCUT2D eigenvalue weighted by Gasteiger charge is 2.05. The Kier molecular flexibility index (Phi) is 7.67. The molecule has 2 aromatic carbocycles. The van der Waals surface area contributed by atoms with E-state index in [1.165, 1.54) is 6.92 Å². The predicted molar refractivity (Wildman–Crippen MR) is 112 cm³/mol. The van der Waals surface area contributed by atoms with Gasteiger partial charge in [0.2, 0.25) is 11.8 Å². The highest BCUT2D eigenvalue weighted by Crippen LogP contribution is 2.18. The van der Waals surface area contributed by atoms with E-state index in [0.29, 0.717) is 13.0 Å². The van der Waals surface area contributed by atoms with Gasteiger partial charge in [0.05, 0.1) is 0 Å². The minimum atomic E-state index is -0.112. The fourth-order valence-electron chi connectivity index (χ4n) is 2.80. The van der Waals surface area contributed by atoms with Crippen LogP contribution in [0.2, 0.25) is 0 Å². The van der Waals surface area contributed by atoms with E-state index in [1.807, 2.05) is 48.5 Å². The van der Waals surface area contributed by atoms with Gasteiger partial charge in [-0.3, -0.25) is 9.59 Å². The van der Waals surface area contributed by atoms with E-state index < -0.39 is 0 Å². The van der Waals surface area contributed by atoms with Gasteiger partial charge in [0.25, 0.3) is 0 Å².